The van der Waals surface area contributed by atoms with Gasteiger partial charge < -0.3 is 0 Å². The molecule has 0 amide bonds. The monoisotopic (exact) mass is 499 g/mol. The van der Waals surface area contributed by atoms with Gasteiger partial charge in [-0.3, -0.25) is 0 Å². The van der Waals surface area contributed by atoms with E-state index < -0.39 is 0 Å². The standard InChI is InChI=1S/HI.S.U.2V/h1H;;;;/q;;;;+1/p-1. The van der Waals surface area contributed by atoms with Crippen LogP contribution in [0.3, 0.4) is 0 Å². The fourth-order valence-corrected chi connectivity index (χ4v) is 0. The largest absolute Gasteiger partial charge is 0 e. The SMILES string of the molecule is [S]=[V][I].[U].[V]. The van der Waals surface area contributed by atoms with E-state index in [1.165, 1.54) is 0 Å². The van der Waals surface area contributed by atoms with E-state index in [1.54, 1.807) is 0 Å². The van der Waals surface area contributed by atoms with E-state index in [9.17, 15) is 0 Å². The molecule has 0 fully saturated rings. The van der Waals surface area contributed by atoms with E-state index in [0.29, 0.717) is 0 Å². The molecule has 0 atom stereocenters. The molecule has 0 spiro atoms. The van der Waals surface area contributed by atoms with Gasteiger partial charge in [0.25, 0.3) is 0 Å². The van der Waals surface area contributed by atoms with Gasteiger partial charge in [-0.25, -0.2) is 0 Å². The first-order chi connectivity index (χ1) is 1.41. The van der Waals surface area contributed by atoms with Crippen LogP contribution in [0, 0.1) is 31.1 Å². The molecule has 0 heterocycles. The van der Waals surface area contributed by atoms with Gasteiger partial charge >= 0.3 is 41.4 Å². The molecule has 0 rings (SSSR count). The van der Waals surface area contributed by atoms with Gasteiger partial charge in [-0.2, -0.15) is 0 Å². The van der Waals surface area contributed by atoms with Crippen LogP contribution >= 0.6 is 30.3 Å². The van der Waals surface area contributed by atoms with Crippen LogP contribution in [0.1, 0.15) is 0 Å². The summed E-state index contributed by atoms with van der Waals surface area (Å²) in [5.74, 6) is 0. The van der Waals surface area contributed by atoms with E-state index in [4.69, 9.17) is 0 Å². The Morgan fingerprint density at radius 2 is 1.60 bits per heavy atom. The van der Waals surface area contributed by atoms with Crippen molar-refractivity contribution in [2.45, 2.75) is 0 Å². The average Bonchev–Trinajstić information content (AvgIpc) is 0.918. The smallest absolute Gasteiger partial charge is 0 e. The maximum Gasteiger partial charge on any atom is 0 e. The topological polar surface area (TPSA) is 0 Å². The van der Waals surface area contributed by atoms with Crippen LogP contribution in [0.5, 0.6) is 0 Å². The minimum atomic E-state index is 0. The van der Waals surface area contributed by atoms with Crippen molar-refractivity contribution in [2.75, 3.05) is 0 Å². The molecule has 0 unspecified atom stereocenters. The molecule has 0 aliphatic heterocycles. The summed E-state index contributed by atoms with van der Waals surface area (Å²) >= 11 is 2.44. The Hall–Kier alpha value is 3.17. The zero-order valence-electron chi connectivity index (χ0n) is 2.18. The molecule has 0 saturated carbocycles. The van der Waals surface area contributed by atoms with Crippen molar-refractivity contribution in [3.63, 3.8) is 0 Å². The molecular formula is ISUV2. The first kappa shape index (κ1) is 15.7. The fourth-order valence-electron chi connectivity index (χ4n) is 0. The summed E-state index contributed by atoms with van der Waals surface area (Å²) in [6, 6.07) is 0. The second kappa shape index (κ2) is 15.7. The van der Waals surface area contributed by atoms with Crippen molar-refractivity contribution in [1.82, 2.24) is 0 Å². The third kappa shape index (κ3) is 19.1. The Morgan fingerprint density at radius 1 is 1.60 bits per heavy atom. The predicted octanol–water partition coefficient (Wildman–Crippen LogP) is 1.53. The number of halogens is 1. The molecule has 27 valence electrons. The number of hydrogen-bond donors (Lipinski definition) is 0. The van der Waals surface area contributed by atoms with Gasteiger partial charge in [0.1, 0.15) is 0 Å². The first-order valence-corrected chi connectivity index (χ1v) is 6.93. The van der Waals surface area contributed by atoms with E-state index in [1.807, 2.05) is 0 Å². The molecule has 0 aromatic rings. The molecule has 0 aliphatic carbocycles. The van der Waals surface area contributed by atoms with Gasteiger partial charge in [0, 0.05) is 49.7 Å². The third-order valence-corrected chi connectivity index (χ3v) is 0. The van der Waals surface area contributed by atoms with E-state index in [-0.39, 0.29) is 60.8 Å². The molecule has 1 radical (unpaired) electrons. The van der Waals surface area contributed by atoms with Gasteiger partial charge in [-0.15, -0.1) is 0 Å². The van der Waals surface area contributed by atoms with Gasteiger partial charge in [-0.1, -0.05) is 0 Å². The van der Waals surface area contributed by atoms with E-state index in [0.717, 1.165) is 0 Å². The second-order valence-electron chi connectivity index (χ2n) is 0.0690. The minimum Gasteiger partial charge on any atom is 0 e. The van der Waals surface area contributed by atoms with Crippen molar-refractivity contribution in [1.29, 1.82) is 0 Å². The maximum absolute atomic E-state index is 4.47. The second-order valence-corrected chi connectivity index (χ2v) is 5.73. The van der Waals surface area contributed by atoms with Crippen molar-refractivity contribution >= 4 is 30.3 Å². The van der Waals surface area contributed by atoms with Crippen molar-refractivity contribution in [3.8, 4) is 0 Å². The molecule has 0 saturated heterocycles. The van der Waals surface area contributed by atoms with Crippen LogP contribution in [0.4, 0.5) is 0 Å². The van der Waals surface area contributed by atoms with Gasteiger partial charge in [0.15, 0.2) is 0 Å². The van der Waals surface area contributed by atoms with Crippen LogP contribution in [-0.2, 0) is 29.7 Å². The molecule has 0 bridgehead atoms. The zero-order chi connectivity index (χ0) is 2.71. The normalized spacial score (nSPS) is 2.60. The van der Waals surface area contributed by atoms with E-state index in [2.05, 4.69) is 30.3 Å². The summed E-state index contributed by atoms with van der Waals surface area (Å²) in [7, 11) is 4.47. The predicted molar refractivity (Wildman–Crippen MR) is 21.6 cm³/mol. The van der Waals surface area contributed by atoms with Crippen LogP contribution < -0.4 is 0 Å². The van der Waals surface area contributed by atoms with Crippen LogP contribution in [-0.4, -0.2) is 0 Å². The minimum absolute atomic E-state index is 0. The van der Waals surface area contributed by atoms with Crippen LogP contribution in [0.2, 0.25) is 0 Å². The Balaban J connectivity index is -0.0000000200. The Morgan fingerprint density at radius 3 is 1.60 bits per heavy atom. The van der Waals surface area contributed by atoms with Crippen LogP contribution in [0.15, 0.2) is 0 Å². The summed E-state index contributed by atoms with van der Waals surface area (Å²) in [5, 5.41) is 0. The molecule has 0 aromatic heterocycles. The quantitative estimate of drug-likeness (QED) is 0.457. The summed E-state index contributed by atoms with van der Waals surface area (Å²) in [6.07, 6.45) is 0. The van der Waals surface area contributed by atoms with Crippen molar-refractivity contribution in [2.24, 2.45) is 0 Å². The molecule has 0 N–H and O–H groups in total. The average molecular weight is 499 g/mol. The third-order valence-electron chi connectivity index (χ3n) is 0. The molecule has 5 heteroatoms. The number of hydrogen-bond acceptors (Lipinski definition) is 1. The maximum atomic E-state index is 4.47. The molecule has 0 aromatic carbocycles. The fraction of sp³-hybridized carbons (Fsp3) is 0. The van der Waals surface area contributed by atoms with Gasteiger partial charge in [0.2, 0.25) is 0 Å². The Kier molecular flexibility index (Phi) is 49.3. The Bertz CT molecular complexity index is 17.1. The van der Waals surface area contributed by atoms with Gasteiger partial charge in [0.05, 0.1) is 0 Å². The molecule has 0 aliphatic rings. The summed E-state index contributed by atoms with van der Waals surface area (Å²) in [5.41, 5.74) is 0. The van der Waals surface area contributed by atoms with Gasteiger partial charge in [-0.05, 0) is 0 Å². The summed E-state index contributed by atoms with van der Waals surface area (Å²) in [6.45, 7) is 0. The molecule has 5 heavy (non-hydrogen) atoms. The number of rotatable bonds is 0. The molecule has 0 nitrogen and oxygen atoms in total. The van der Waals surface area contributed by atoms with E-state index >= 15 is 0 Å². The van der Waals surface area contributed by atoms with Crippen molar-refractivity contribution < 1.29 is 60.8 Å². The van der Waals surface area contributed by atoms with Crippen molar-refractivity contribution in [3.05, 3.63) is 0 Å². The summed E-state index contributed by atoms with van der Waals surface area (Å²) < 4.78 is 0. The first-order valence-electron chi connectivity index (χ1n) is 0.352. The Labute approximate surface area is 89.0 Å². The van der Waals surface area contributed by atoms with Crippen LogP contribution in [0.25, 0.3) is 0 Å². The summed E-state index contributed by atoms with van der Waals surface area (Å²) in [4.78, 5) is 0. The molecular weight excluding hydrogens is 499 g/mol. The zero-order valence-corrected chi connectivity index (χ0v) is 12.1.